The number of tetrazole rings is 1. The number of nitrogens with one attached hydrogen (secondary N) is 1. The number of benzene rings is 5. The number of nitriles is 1. The third-order valence-electron chi connectivity index (χ3n) is 7.94. The van der Waals surface area contributed by atoms with Gasteiger partial charge in [0.05, 0.1) is 5.69 Å². The van der Waals surface area contributed by atoms with Crippen LogP contribution in [0.2, 0.25) is 0 Å². The zero-order valence-corrected chi connectivity index (χ0v) is 24.0. The van der Waals surface area contributed by atoms with Gasteiger partial charge in [-0.15, -0.1) is 5.10 Å². The van der Waals surface area contributed by atoms with Gasteiger partial charge in [0.1, 0.15) is 17.4 Å². The number of aromatic nitrogens is 6. The van der Waals surface area contributed by atoms with E-state index >= 15 is 0 Å². The molecule has 2 heterocycles. The van der Waals surface area contributed by atoms with E-state index in [1.165, 1.54) is 0 Å². The monoisotopic (exact) mass is 569 g/mol. The highest BCUT2D eigenvalue weighted by atomic mass is 15.6. The number of aromatic amines is 1. The number of hydrogen-bond donors (Lipinski definition) is 1. The first-order chi connectivity index (χ1) is 21.7. The summed E-state index contributed by atoms with van der Waals surface area (Å²) in [5.41, 5.74) is 7.13. The number of rotatable bonds is 7. The Morgan fingerprint density at radius 3 is 1.68 bits per heavy atom. The molecule has 0 fully saturated rings. The van der Waals surface area contributed by atoms with Crippen molar-refractivity contribution in [2.45, 2.75) is 12.5 Å². The lowest BCUT2D eigenvalue weighted by Gasteiger charge is -2.36. The highest BCUT2D eigenvalue weighted by Gasteiger charge is 2.42. The highest BCUT2D eigenvalue weighted by molar-refractivity contribution is 5.82. The van der Waals surface area contributed by atoms with Crippen molar-refractivity contribution in [1.82, 2.24) is 30.2 Å². The third kappa shape index (κ3) is 4.46. The molecule has 210 valence electrons. The van der Waals surface area contributed by atoms with E-state index in [0.29, 0.717) is 23.0 Å². The molecule has 0 unspecified atom stereocenters. The Balaban J connectivity index is 1.43. The summed E-state index contributed by atoms with van der Waals surface area (Å²) in [6, 6.07) is 49.6. The molecule has 0 aliphatic carbocycles. The molecule has 0 aliphatic heterocycles. The molecule has 5 aromatic carbocycles. The van der Waals surface area contributed by atoms with Gasteiger partial charge >= 0.3 is 0 Å². The summed E-state index contributed by atoms with van der Waals surface area (Å²) in [6.45, 7) is 1.85. The summed E-state index contributed by atoms with van der Waals surface area (Å²) in [4.78, 5) is 7.51. The summed E-state index contributed by atoms with van der Waals surface area (Å²) in [5, 5.41) is 23.2. The van der Waals surface area contributed by atoms with E-state index in [4.69, 9.17) is 5.21 Å². The van der Waals surface area contributed by atoms with Gasteiger partial charge < -0.3 is 4.98 Å². The van der Waals surface area contributed by atoms with Crippen LogP contribution < -0.4 is 0 Å². The number of hydrogen-bond acceptors (Lipinski definition) is 5. The predicted molar refractivity (Wildman–Crippen MR) is 170 cm³/mol. The maximum atomic E-state index is 9.55. The normalized spacial score (nSPS) is 11.3. The minimum Gasteiger partial charge on any atom is -0.341 e. The molecule has 7 nitrogen and oxygen atoms in total. The molecular weight excluding hydrogens is 542 g/mol. The average molecular weight is 570 g/mol. The highest BCUT2D eigenvalue weighted by Crippen LogP contribution is 2.43. The van der Waals surface area contributed by atoms with Crippen LogP contribution in [0.1, 0.15) is 28.2 Å². The lowest BCUT2D eigenvalue weighted by Crippen LogP contribution is -2.39. The van der Waals surface area contributed by atoms with Gasteiger partial charge in [-0.2, -0.15) is 5.26 Å². The zero-order chi connectivity index (χ0) is 29.9. The number of nitrogens with zero attached hydrogens (tertiary/aromatic N) is 6. The zero-order valence-electron chi connectivity index (χ0n) is 24.0. The quantitative estimate of drug-likeness (QED) is 0.202. The molecular formula is C37H27N7. The maximum Gasteiger partial charge on any atom is 0.184 e. The van der Waals surface area contributed by atoms with E-state index in [1.54, 1.807) is 0 Å². The third-order valence-corrected chi connectivity index (χ3v) is 7.94. The van der Waals surface area contributed by atoms with Gasteiger partial charge in [0.2, 0.25) is 0 Å². The molecule has 7 rings (SSSR count). The summed E-state index contributed by atoms with van der Waals surface area (Å²) >= 11 is 0. The molecule has 0 aliphatic rings. The molecule has 0 saturated heterocycles. The van der Waals surface area contributed by atoms with Crippen LogP contribution in [0.4, 0.5) is 0 Å². The molecule has 1 N–H and O–H groups in total. The van der Waals surface area contributed by atoms with E-state index in [9.17, 15) is 5.26 Å². The van der Waals surface area contributed by atoms with Gasteiger partial charge in [-0.05, 0) is 45.2 Å². The average Bonchev–Trinajstić information content (AvgIpc) is 3.74. The molecule has 0 amide bonds. The minimum atomic E-state index is -0.855. The van der Waals surface area contributed by atoms with Crippen molar-refractivity contribution in [2.24, 2.45) is 0 Å². The molecule has 2 aromatic heterocycles. The van der Waals surface area contributed by atoms with E-state index in [2.05, 4.69) is 87.0 Å². The van der Waals surface area contributed by atoms with E-state index in [1.807, 2.05) is 90.5 Å². The summed E-state index contributed by atoms with van der Waals surface area (Å²) in [6.07, 6.45) is 0. The molecule has 44 heavy (non-hydrogen) atoms. The van der Waals surface area contributed by atoms with Crippen molar-refractivity contribution in [3.05, 3.63) is 168 Å². The number of aryl methyl sites for hydroxylation is 1. The Kier molecular flexibility index (Phi) is 6.85. The van der Waals surface area contributed by atoms with Crippen molar-refractivity contribution in [2.75, 3.05) is 0 Å². The van der Waals surface area contributed by atoms with E-state index in [0.717, 1.165) is 38.9 Å². The van der Waals surface area contributed by atoms with Crippen molar-refractivity contribution >= 4 is 0 Å². The lowest BCUT2D eigenvalue weighted by molar-refractivity contribution is 0.451. The first-order valence-electron chi connectivity index (χ1n) is 14.3. The first kappa shape index (κ1) is 26.7. The Bertz CT molecular complexity index is 1980. The molecule has 0 saturated carbocycles. The fourth-order valence-electron chi connectivity index (χ4n) is 6.01. The minimum absolute atomic E-state index is 0.383. The van der Waals surface area contributed by atoms with Gasteiger partial charge in [-0.3, -0.25) is 0 Å². The van der Waals surface area contributed by atoms with E-state index < -0.39 is 5.54 Å². The van der Waals surface area contributed by atoms with Crippen LogP contribution in [0, 0.1) is 18.3 Å². The van der Waals surface area contributed by atoms with Crippen molar-refractivity contribution in [3.8, 4) is 39.8 Å². The Morgan fingerprint density at radius 2 is 1.14 bits per heavy atom. The second-order valence-corrected chi connectivity index (χ2v) is 10.5. The molecule has 0 spiro atoms. The van der Waals surface area contributed by atoms with Crippen LogP contribution in [0.3, 0.4) is 0 Å². The second kappa shape index (κ2) is 11.3. The molecule has 7 heteroatoms. The van der Waals surface area contributed by atoms with Crippen LogP contribution in [0.5, 0.6) is 0 Å². The Labute approximate surface area is 255 Å². The largest absolute Gasteiger partial charge is 0.341 e. The standard InChI is InChI=1S/C37H27N7/c1-26-39-34(25-38)35(40-26)28-23-21-27(22-24-28)32-19-11-12-20-33(32)36-41-42-43-44(36)37(29-13-5-2-6-14-29,30-15-7-3-8-16-30)31-17-9-4-10-18-31/h2-24H,1H3,(H,39,40). The van der Waals surface area contributed by atoms with Crippen LogP contribution in [-0.2, 0) is 5.54 Å². The van der Waals surface area contributed by atoms with Crippen LogP contribution in [-0.4, -0.2) is 30.2 Å². The van der Waals surface area contributed by atoms with Gasteiger partial charge in [-0.1, -0.05) is 140 Å². The molecule has 0 bridgehead atoms. The number of imidazole rings is 1. The predicted octanol–water partition coefficient (Wildman–Crippen LogP) is 7.42. The Morgan fingerprint density at radius 1 is 0.636 bits per heavy atom. The number of H-pyrrole nitrogens is 1. The van der Waals surface area contributed by atoms with E-state index in [-0.39, 0.29) is 0 Å². The fourth-order valence-corrected chi connectivity index (χ4v) is 6.01. The molecule has 0 radical (unpaired) electrons. The maximum absolute atomic E-state index is 9.55. The smallest absolute Gasteiger partial charge is 0.184 e. The summed E-state index contributed by atoms with van der Waals surface area (Å²) in [7, 11) is 0. The fraction of sp³-hybridized carbons (Fsp3) is 0.0541. The summed E-state index contributed by atoms with van der Waals surface area (Å²) in [5.74, 6) is 1.34. The lowest BCUT2D eigenvalue weighted by atomic mass is 9.77. The van der Waals surface area contributed by atoms with Gasteiger partial charge in [-0.25, -0.2) is 9.67 Å². The van der Waals surface area contributed by atoms with Gasteiger partial charge in [0, 0.05) is 11.1 Å². The van der Waals surface area contributed by atoms with Crippen LogP contribution in [0.15, 0.2) is 140 Å². The van der Waals surface area contributed by atoms with Gasteiger partial charge in [0.25, 0.3) is 0 Å². The van der Waals surface area contributed by atoms with Crippen LogP contribution >= 0.6 is 0 Å². The SMILES string of the molecule is Cc1nc(C#N)c(-c2ccc(-c3ccccc3-c3nnnn3C(c3ccccc3)(c3ccccc3)c3ccccc3)cc2)[nH]1. The first-order valence-corrected chi connectivity index (χ1v) is 14.3. The molecule has 0 atom stereocenters. The Hall–Kier alpha value is -6.13. The van der Waals surface area contributed by atoms with Crippen LogP contribution in [0.25, 0.3) is 33.8 Å². The van der Waals surface area contributed by atoms with Crippen molar-refractivity contribution < 1.29 is 0 Å². The summed E-state index contributed by atoms with van der Waals surface area (Å²) < 4.78 is 1.95. The van der Waals surface area contributed by atoms with Crippen molar-refractivity contribution in [1.29, 1.82) is 5.26 Å². The van der Waals surface area contributed by atoms with Crippen molar-refractivity contribution in [3.63, 3.8) is 0 Å². The van der Waals surface area contributed by atoms with Gasteiger partial charge in [0.15, 0.2) is 11.5 Å². The second-order valence-electron chi connectivity index (χ2n) is 10.5. The topological polar surface area (TPSA) is 96.1 Å². The molecule has 7 aromatic rings.